The maximum Gasteiger partial charge on any atom is 0.408 e. The van der Waals surface area contributed by atoms with E-state index < -0.39 is 47.7 Å². The van der Waals surface area contributed by atoms with E-state index in [0.717, 1.165) is 16.8 Å². The summed E-state index contributed by atoms with van der Waals surface area (Å²) in [5.41, 5.74) is 2.28. The molecule has 40 heavy (non-hydrogen) atoms. The van der Waals surface area contributed by atoms with Crippen molar-refractivity contribution in [3.05, 3.63) is 65.5 Å². The number of amides is 4. The fourth-order valence-corrected chi connectivity index (χ4v) is 4.32. The number of benzene rings is 1. The van der Waals surface area contributed by atoms with Crippen molar-refractivity contribution in [2.45, 2.75) is 65.3 Å². The third kappa shape index (κ3) is 8.36. The molecular formula is C29H37N5O6. The van der Waals surface area contributed by atoms with Crippen LogP contribution in [-0.2, 0) is 43.4 Å². The van der Waals surface area contributed by atoms with E-state index in [0.29, 0.717) is 6.42 Å². The van der Waals surface area contributed by atoms with Crippen molar-refractivity contribution in [1.82, 2.24) is 26.3 Å². The Bertz CT molecular complexity index is 1220. The summed E-state index contributed by atoms with van der Waals surface area (Å²) in [6.07, 6.45) is 1.41. The molecule has 4 amide bonds. The minimum atomic E-state index is -1.14. The van der Waals surface area contributed by atoms with Gasteiger partial charge in [-0.3, -0.25) is 24.2 Å². The summed E-state index contributed by atoms with van der Waals surface area (Å²) in [6, 6.07) is 9.51. The average Bonchev–Trinajstić information content (AvgIpc) is 2.98. The molecule has 0 saturated carbocycles. The number of nitrogens with zero attached hydrogens (tertiary/aromatic N) is 1. The van der Waals surface area contributed by atoms with E-state index in [4.69, 9.17) is 4.74 Å². The van der Waals surface area contributed by atoms with Gasteiger partial charge in [-0.15, -0.1) is 0 Å². The Morgan fingerprint density at radius 2 is 1.62 bits per heavy atom. The summed E-state index contributed by atoms with van der Waals surface area (Å²) in [5.74, 6) is -3.44. The Labute approximate surface area is 233 Å². The van der Waals surface area contributed by atoms with Crippen LogP contribution >= 0.6 is 0 Å². The normalized spacial score (nSPS) is 16.9. The van der Waals surface area contributed by atoms with Crippen molar-refractivity contribution in [3.8, 4) is 0 Å². The minimum Gasteiger partial charge on any atom is -0.445 e. The van der Waals surface area contributed by atoms with Crippen molar-refractivity contribution >= 4 is 29.6 Å². The molecule has 11 heteroatoms. The van der Waals surface area contributed by atoms with Crippen molar-refractivity contribution in [2.75, 3.05) is 6.54 Å². The van der Waals surface area contributed by atoms with Gasteiger partial charge in [0.25, 0.3) is 5.91 Å². The van der Waals surface area contributed by atoms with Crippen LogP contribution < -0.4 is 21.3 Å². The van der Waals surface area contributed by atoms with E-state index >= 15 is 0 Å². The number of alkyl carbamates (subject to hydrolysis) is 1. The molecule has 0 bridgehead atoms. The summed E-state index contributed by atoms with van der Waals surface area (Å²) in [7, 11) is 0. The first-order valence-corrected chi connectivity index (χ1v) is 13.4. The molecule has 0 spiro atoms. The fraction of sp³-hybridized carbons (Fsp3) is 0.448. The largest absolute Gasteiger partial charge is 0.445 e. The molecule has 11 nitrogen and oxygen atoms in total. The number of ether oxygens (including phenoxy) is 1. The molecule has 4 N–H and O–H groups in total. The fourth-order valence-electron chi connectivity index (χ4n) is 4.32. The Balaban J connectivity index is 1.69. The molecule has 2 heterocycles. The van der Waals surface area contributed by atoms with Gasteiger partial charge in [-0.1, -0.05) is 64.1 Å². The molecule has 1 aromatic carbocycles. The van der Waals surface area contributed by atoms with E-state index in [1.165, 1.54) is 0 Å². The van der Waals surface area contributed by atoms with Crippen LogP contribution in [0.2, 0.25) is 0 Å². The van der Waals surface area contributed by atoms with Gasteiger partial charge in [0.1, 0.15) is 24.7 Å². The predicted octanol–water partition coefficient (Wildman–Crippen LogP) is 1.44. The van der Waals surface area contributed by atoms with Crippen molar-refractivity contribution in [2.24, 2.45) is 11.8 Å². The number of pyridine rings is 1. The molecule has 214 valence electrons. The predicted molar refractivity (Wildman–Crippen MR) is 147 cm³/mol. The van der Waals surface area contributed by atoms with Gasteiger partial charge in [0.15, 0.2) is 0 Å². The first kappa shape index (κ1) is 30.3. The molecule has 0 fully saturated rings. The number of carbonyl (C=O) groups excluding carboxylic acids is 5. The zero-order chi connectivity index (χ0) is 29.2. The van der Waals surface area contributed by atoms with Crippen LogP contribution in [0, 0.1) is 11.8 Å². The van der Waals surface area contributed by atoms with Crippen LogP contribution in [0.1, 0.15) is 44.5 Å². The highest BCUT2D eigenvalue weighted by Gasteiger charge is 2.34. The van der Waals surface area contributed by atoms with Crippen LogP contribution in [0.5, 0.6) is 0 Å². The van der Waals surface area contributed by atoms with Crippen LogP contribution in [0.4, 0.5) is 4.79 Å². The van der Waals surface area contributed by atoms with E-state index in [1.54, 1.807) is 40.0 Å². The minimum absolute atomic E-state index is 0.0395. The van der Waals surface area contributed by atoms with Gasteiger partial charge in [0, 0.05) is 31.3 Å². The number of nitrogens with one attached hydrogen (secondary N) is 4. The topological polar surface area (TPSA) is 156 Å². The van der Waals surface area contributed by atoms with Crippen LogP contribution in [0.25, 0.3) is 0 Å². The van der Waals surface area contributed by atoms with E-state index in [1.807, 2.05) is 36.4 Å². The smallest absolute Gasteiger partial charge is 0.408 e. The zero-order valence-electron chi connectivity index (χ0n) is 23.2. The molecule has 0 radical (unpaired) electrons. The van der Waals surface area contributed by atoms with Gasteiger partial charge in [-0.25, -0.2) is 4.79 Å². The van der Waals surface area contributed by atoms with E-state index in [-0.39, 0.29) is 31.4 Å². The van der Waals surface area contributed by atoms with Gasteiger partial charge < -0.3 is 26.0 Å². The molecule has 3 unspecified atom stereocenters. The second kappa shape index (κ2) is 14.2. The Kier molecular flexibility index (Phi) is 10.7. The number of hydrogen-bond acceptors (Lipinski definition) is 7. The maximum absolute atomic E-state index is 13.4. The first-order chi connectivity index (χ1) is 19.1. The van der Waals surface area contributed by atoms with Gasteiger partial charge in [0.05, 0.1) is 0 Å². The van der Waals surface area contributed by atoms with Gasteiger partial charge in [-0.2, -0.15) is 0 Å². The first-order valence-electron chi connectivity index (χ1n) is 13.4. The molecule has 1 aliphatic rings. The third-order valence-corrected chi connectivity index (χ3v) is 6.59. The molecule has 0 aliphatic carbocycles. The van der Waals surface area contributed by atoms with Crippen LogP contribution in [-0.4, -0.2) is 59.3 Å². The van der Waals surface area contributed by atoms with Gasteiger partial charge >= 0.3 is 6.09 Å². The van der Waals surface area contributed by atoms with Gasteiger partial charge in [0.2, 0.25) is 17.6 Å². The van der Waals surface area contributed by atoms with Crippen molar-refractivity contribution < 1.29 is 28.7 Å². The standard InChI is InChI=1S/C29H37N5O6/c1-17(2)23(33-27(37)24(18(3)4)34-29(39)40-16-19-9-6-5-7-10-19)26(36)32-22-15-20-11-8-13-30-21(20)12-14-31-28(38)25(22)35/h5-11,13,17-18,22-24H,12,14-16H2,1-4H3,(H,31,38)(H,32,36)(H,33,37)(H,34,39). The number of ketones is 1. The summed E-state index contributed by atoms with van der Waals surface area (Å²) < 4.78 is 5.25. The molecule has 1 aromatic heterocycles. The number of aromatic nitrogens is 1. The highest BCUT2D eigenvalue weighted by molar-refractivity contribution is 6.38. The lowest BCUT2D eigenvalue weighted by Gasteiger charge is -2.28. The lowest BCUT2D eigenvalue weighted by molar-refractivity contribution is -0.140. The monoisotopic (exact) mass is 551 g/mol. The van der Waals surface area contributed by atoms with Crippen molar-refractivity contribution in [1.29, 1.82) is 0 Å². The zero-order valence-corrected chi connectivity index (χ0v) is 23.2. The molecule has 3 rings (SSSR count). The average molecular weight is 552 g/mol. The number of Topliss-reactive ketones (excluding diaryl/α,β-unsaturated/α-hetero) is 1. The molecular weight excluding hydrogens is 514 g/mol. The Hall–Kier alpha value is -4.28. The van der Waals surface area contributed by atoms with E-state index in [9.17, 15) is 24.0 Å². The number of fused-ring (bicyclic) bond motifs is 1. The number of hydrogen-bond donors (Lipinski definition) is 4. The number of rotatable bonds is 9. The second-order valence-electron chi connectivity index (χ2n) is 10.4. The molecule has 3 atom stereocenters. The SMILES string of the molecule is CC(C)C(NC(=O)OCc1ccccc1)C(=O)NC(C(=O)NC1Cc2cccnc2CCNC(=O)C1=O)C(C)C. The second-order valence-corrected chi connectivity index (χ2v) is 10.4. The maximum atomic E-state index is 13.4. The Morgan fingerprint density at radius 3 is 2.30 bits per heavy atom. The molecule has 2 aromatic rings. The highest BCUT2D eigenvalue weighted by atomic mass is 16.5. The Morgan fingerprint density at radius 1 is 0.950 bits per heavy atom. The number of carbonyl (C=O) groups is 5. The van der Waals surface area contributed by atoms with Gasteiger partial charge in [-0.05, 0) is 29.0 Å². The van der Waals surface area contributed by atoms with Crippen molar-refractivity contribution in [3.63, 3.8) is 0 Å². The van der Waals surface area contributed by atoms with Crippen LogP contribution in [0.3, 0.4) is 0 Å². The summed E-state index contributed by atoms with van der Waals surface area (Å²) in [5, 5.41) is 10.5. The highest BCUT2D eigenvalue weighted by Crippen LogP contribution is 2.13. The van der Waals surface area contributed by atoms with Crippen LogP contribution in [0.15, 0.2) is 48.7 Å². The lowest BCUT2D eigenvalue weighted by atomic mass is 9.97. The lowest BCUT2D eigenvalue weighted by Crippen LogP contribution is -2.59. The summed E-state index contributed by atoms with van der Waals surface area (Å²) >= 11 is 0. The summed E-state index contributed by atoms with van der Waals surface area (Å²) in [6.45, 7) is 7.29. The quantitative estimate of drug-likeness (QED) is 0.344. The van der Waals surface area contributed by atoms with E-state index in [2.05, 4.69) is 26.3 Å². The third-order valence-electron chi connectivity index (χ3n) is 6.59. The molecule has 0 saturated heterocycles. The molecule has 1 aliphatic heterocycles. The summed E-state index contributed by atoms with van der Waals surface area (Å²) in [4.78, 5) is 68.7.